The van der Waals surface area contributed by atoms with Crippen LogP contribution in [-0.4, -0.2) is 51.4 Å². The van der Waals surface area contributed by atoms with Crippen LogP contribution in [0, 0.1) is 0 Å². The molecule has 0 atom stereocenters. The lowest BCUT2D eigenvalue weighted by Crippen LogP contribution is -2.19. The molecule has 0 heterocycles. The van der Waals surface area contributed by atoms with Crippen LogP contribution in [0.4, 0.5) is 0 Å². The molecule has 0 amide bonds. The minimum atomic E-state index is -4.19. The van der Waals surface area contributed by atoms with Crippen molar-refractivity contribution in [2.45, 2.75) is 26.2 Å². The zero-order valence-corrected chi connectivity index (χ0v) is 14.8. The Morgan fingerprint density at radius 2 is 1.58 bits per heavy atom. The Morgan fingerprint density at radius 3 is 2.08 bits per heavy atom. The third-order valence-corrected chi connectivity index (χ3v) is 4.49. The van der Waals surface area contributed by atoms with Crippen LogP contribution >= 0.6 is 0 Å². The Kier molecular flexibility index (Phi) is 8.86. The van der Waals surface area contributed by atoms with Crippen molar-refractivity contribution in [3.05, 3.63) is 24.3 Å². The fourth-order valence-electron chi connectivity index (χ4n) is 1.31. The first-order chi connectivity index (χ1) is 10.8. The highest BCUT2D eigenvalue weighted by molar-refractivity contribution is 7.87. The van der Waals surface area contributed by atoms with E-state index in [1.807, 2.05) is 0 Å². The van der Waals surface area contributed by atoms with Crippen LogP contribution in [0.5, 0.6) is 0 Å². The summed E-state index contributed by atoms with van der Waals surface area (Å²) >= 11 is 0. The largest absolute Gasteiger partial charge is 0.462 e. The van der Waals surface area contributed by atoms with Gasteiger partial charge in [-0.15, -0.1) is 0 Å². The van der Waals surface area contributed by atoms with Gasteiger partial charge in [-0.25, -0.2) is 9.59 Å². The topological polar surface area (TPSA) is 141 Å². The predicted octanol–water partition coefficient (Wildman–Crippen LogP) is 0.593. The number of carbonyl (C=O) groups excluding carboxylic acids is 2. The summed E-state index contributed by atoms with van der Waals surface area (Å²) in [5, 5.41) is 0. The summed E-state index contributed by atoms with van der Waals surface area (Å²) in [6, 6.07) is 0. The molecule has 9 nitrogen and oxygen atoms in total. The second-order valence-corrected chi connectivity index (χ2v) is 8.16. The lowest BCUT2D eigenvalue weighted by Gasteiger charge is -2.08. The maximum absolute atomic E-state index is 11.6. The zero-order chi connectivity index (χ0) is 19.0. The first-order valence-electron chi connectivity index (χ1n) is 6.76. The van der Waals surface area contributed by atoms with E-state index in [4.69, 9.17) is 9.29 Å². The fourth-order valence-corrected chi connectivity index (χ4v) is 2.72. The maximum Gasteiger partial charge on any atom is 0.349 e. The van der Waals surface area contributed by atoms with Crippen LogP contribution in [0.3, 0.4) is 0 Å². The minimum Gasteiger partial charge on any atom is -0.462 e. The molecule has 0 spiro atoms. The number of rotatable bonds is 11. The van der Waals surface area contributed by atoms with Gasteiger partial charge < -0.3 is 8.92 Å². The average molecular weight is 384 g/mol. The van der Waals surface area contributed by atoms with Crippen molar-refractivity contribution in [3.63, 3.8) is 0 Å². The Balaban J connectivity index is 4.24. The van der Waals surface area contributed by atoms with Crippen molar-refractivity contribution in [2.75, 3.05) is 18.1 Å². The molecular weight excluding hydrogens is 364 g/mol. The molecule has 0 aliphatic heterocycles. The lowest BCUT2D eigenvalue weighted by molar-refractivity contribution is -0.139. The summed E-state index contributed by atoms with van der Waals surface area (Å²) < 4.78 is 61.7. The van der Waals surface area contributed by atoms with E-state index in [1.165, 1.54) is 6.92 Å². The molecule has 0 aliphatic carbocycles. The molecular formula is C13H20O9S2. The number of hydrogen-bond donors (Lipinski definition) is 1. The molecule has 138 valence electrons. The number of hydrogen-bond acceptors (Lipinski definition) is 8. The summed E-state index contributed by atoms with van der Waals surface area (Å²) in [6.07, 6.45) is -0.335. The standard InChI is InChI=1S/C13H20O9S2/c1-10(2)12(14)21-7-5-9-24(19,20)22-13(15)11(3)6-4-8-23(16,17)18/h1,3-9H2,2H3,(H,16,17,18). The average Bonchev–Trinajstić information content (AvgIpc) is 2.41. The van der Waals surface area contributed by atoms with Gasteiger partial charge in [0.15, 0.2) is 0 Å². The molecule has 0 unspecified atom stereocenters. The molecule has 0 bridgehead atoms. The van der Waals surface area contributed by atoms with E-state index in [1.54, 1.807) is 0 Å². The quantitative estimate of drug-likeness (QED) is 0.178. The molecule has 24 heavy (non-hydrogen) atoms. The highest BCUT2D eigenvalue weighted by atomic mass is 32.2. The highest BCUT2D eigenvalue weighted by Gasteiger charge is 2.20. The van der Waals surface area contributed by atoms with Crippen LogP contribution < -0.4 is 0 Å². The van der Waals surface area contributed by atoms with Crippen LogP contribution in [-0.2, 0) is 38.7 Å². The van der Waals surface area contributed by atoms with E-state index in [-0.39, 0.29) is 37.0 Å². The molecule has 0 saturated carbocycles. The first-order valence-corrected chi connectivity index (χ1v) is 9.95. The van der Waals surface area contributed by atoms with Crippen LogP contribution in [0.1, 0.15) is 26.2 Å². The summed E-state index contributed by atoms with van der Waals surface area (Å²) in [5.74, 6) is -3.00. The Labute approximate surface area is 141 Å². The van der Waals surface area contributed by atoms with Crippen LogP contribution in [0.25, 0.3) is 0 Å². The Bertz CT molecular complexity index is 702. The van der Waals surface area contributed by atoms with E-state index in [9.17, 15) is 26.4 Å². The van der Waals surface area contributed by atoms with Crippen molar-refractivity contribution >= 4 is 32.2 Å². The monoisotopic (exact) mass is 384 g/mol. The summed E-state index contributed by atoms with van der Waals surface area (Å²) in [6.45, 7) is 7.91. The second kappa shape index (κ2) is 9.55. The van der Waals surface area contributed by atoms with Crippen molar-refractivity contribution in [3.8, 4) is 0 Å². The van der Waals surface area contributed by atoms with Crippen LogP contribution in [0.2, 0.25) is 0 Å². The predicted molar refractivity (Wildman–Crippen MR) is 85.1 cm³/mol. The normalized spacial score (nSPS) is 11.6. The molecule has 0 aromatic heterocycles. The van der Waals surface area contributed by atoms with Crippen molar-refractivity contribution in [2.24, 2.45) is 0 Å². The van der Waals surface area contributed by atoms with Gasteiger partial charge in [-0.05, 0) is 26.2 Å². The third kappa shape index (κ3) is 10.9. The van der Waals surface area contributed by atoms with Gasteiger partial charge in [0.05, 0.1) is 18.1 Å². The van der Waals surface area contributed by atoms with Gasteiger partial charge in [-0.1, -0.05) is 13.2 Å². The Morgan fingerprint density at radius 1 is 1.00 bits per heavy atom. The maximum atomic E-state index is 11.6. The fraction of sp³-hybridized carbons (Fsp3) is 0.538. The number of ether oxygens (including phenoxy) is 1. The molecule has 0 aromatic rings. The van der Waals surface area contributed by atoms with Gasteiger partial charge in [-0.3, -0.25) is 4.55 Å². The molecule has 0 rings (SSSR count). The van der Waals surface area contributed by atoms with E-state index in [0.717, 1.165) is 0 Å². The summed E-state index contributed by atoms with van der Waals surface area (Å²) in [7, 11) is -8.36. The second-order valence-electron chi connectivity index (χ2n) is 4.90. The molecule has 0 aliphatic rings. The van der Waals surface area contributed by atoms with Gasteiger partial charge >= 0.3 is 22.1 Å². The van der Waals surface area contributed by atoms with Crippen molar-refractivity contribution < 1.29 is 39.9 Å². The van der Waals surface area contributed by atoms with E-state index in [2.05, 4.69) is 17.3 Å². The van der Waals surface area contributed by atoms with E-state index in [0.29, 0.717) is 0 Å². The van der Waals surface area contributed by atoms with Gasteiger partial charge in [0, 0.05) is 11.1 Å². The van der Waals surface area contributed by atoms with Gasteiger partial charge in [0.2, 0.25) is 0 Å². The molecule has 11 heteroatoms. The number of carbonyl (C=O) groups is 2. The SMILES string of the molecule is C=C(C)C(=O)OCCCS(=O)(=O)OC(=O)C(=C)CCCS(=O)(=O)O. The molecule has 0 saturated heterocycles. The van der Waals surface area contributed by atoms with E-state index >= 15 is 0 Å². The minimum absolute atomic E-state index is 0.0795. The van der Waals surface area contributed by atoms with Crippen molar-refractivity contribution in [1.82, 2.24) is 0 Å². The van der Waals surface area contributed by atoms with Gasteiger partial charge in [0.1, 0.15) is 0 Å². The van der Waals surface area contributed by atoms with Gasteiger partial charge in [0.25, 0.3) is 10.1 Å². The molecule has 0 aromatic carbocycles. The lowest BCUT2D eigenvalue weighted by atomic mass is 10.2. The van der Waals surface area contributed by atoms with Crippen LogP contribution in [0.15, 0.2) is 24.3 Å². The molecule has 1 N–H and O–H groups in total. The first kappa shape index (κ1) is 22.3. The smallest absolute Gasteiger partial charge is 0.349 e. The van der Waals surface area contributed by atoms with E-state index < -0.39 is 43.7 Å². The Hall–Kier alpha value is -1.72. The molecule has 0 radical (unpaired) electrons. The number of esters is 1. The van der Waals surface area contributed by atoms with Crippen molar-refractivity contribution in [1.29, 1.82) is 0 Å². The van der Waals surface area contributed by atoms with Gasteiger partial charge in [-0.2, -0.15) is 16.8 Å². The third-order valence-electron chi connectivity index (χ3n) is 2.49. The summed E-state index contributed by atoms with van der Waals surface area (Å²) in [4.78, 5) is 22.6. The molecule has 0 fully saturated rings. The highest BCUT2D eigenvalue weighted by Crippen LogP contribution is 2.09. The zero-order valence-electron chi connectivity index (χ0n) is 13.2. The summed E-state index contributed by atoms with van der Waals surface area (Å²) in [5.41, 5.74) is -0.0681.